The SMILES string of the molecule is CCOc1ccc(NC(=O)C2CCCC2)cc1S(=O)(=O)N(C)C. The van der Waals surface area contributed by atoms with Gasteiger partial charge in [0.25, 0.3) is 0 Å². The second-order valence-corrected chi connectivity index (χ2v) is 7.97. The molecule has 0 heterocycles. The van der Waals surface area contributed by atoms with Crippen molar-refractivity contribution in [2.24, 2.45) is 5.92 Å². The van der Waals surface area contributed by atoms with Gasteiger partial charge in [0, 0.05) is 25.7 Å². The van der Waals surface area contributed by atoms with Crippen molar-refractivity contribution in [2.75, 3.05) is 26.0 Å². The van der Waals surface area contributed by atoms with E-state index in [1.54, 1.807) is 19.1 Å². The summed E-state index contributed by atoms with van der Waals surface area (Å²) in [4.78, 5) is 12.3. The van der Waals surface area contributed by atoms with Crippen LogP contribution in [0.2, 0.25) is 0 Å². The molecule has 0 radical (unpaired) electrons. The molecule has 1 aromatic carbocycles. The number of carbonyl (C=O) groups excluding carboxylic acids is 1. The van der Waals surface area contributed by atoms with Crippen LogP contribution in [-0.2, 0) is 14.8 Å². The van der Waals surface area contributed by atoms with E-state index < -0.39 is 10.0 Å². The molecule has 1 N–H and O–H groups in total. The highest BCUT2D eigenvalue weighted by molar-refractivity contribution is 7.89. The summed E-state index contributed by atoms with van der Waals surface area (Å²) in [6.07, 6.45) is 3.93. The standard InChI is InChI=1S/C16H24N2O4S/c1-4-22-14-10-9-13(11-15(14)23(20,21)18(2)3)17-16(19)12-7-5-6-8-12/h9-12H,4-8H2,1-3H3,(H,17,19). The van der Waals surface area contributed by atoms with Gasteiger partial charge in [-0.1, -0.05) is 12.8 Å². The topological polar surface area (TPSA) is 75.7 Å². The number of amides is 1. The van der Waals surface area contributed by atoms with Crippen molar-refractivity contribution in [3.05, 3.63) is 18.2 Å². The number of hydrogen-bond donors (Lipinski definition) is 1. The first-order chi connectivity index (χ1) is 10.9. The Morgan fingerprint density at radius 2 is 1.96 bits per heavy atom. The van der Waals surface area contributed by atoms with Crippen molar-refractivity contribution in [1.29, 1.82) is 0 Å². The number of nitrogens with one attached hydrogen (secondary N) is 1. The Hall–Kier alpha value is -1.60. The van der Waals surface area contributed by atoms with E-state index in [2.05, 4.69) is 5.32 Å². The summed E-state index contributed by atoms with van der Waals surface area (Å²) < 4.78 is 31.5. The molecule has 128 valence electrons. The molecule has 0 spiro atoms. The summed E-state index contributed by atoms with van der Waals surface area (Å²) >= 11 is 0. The number of hydrogen-bond acceptors (Lipinski definition) is 4. The lowest BCUT2D eigenvalue weighted by molar-refractivity contribution is -0.119. The lowest BCUT2D eigenvalue weighted by Crippen LogP contribution is -2.24. The number of sulfonamides is 1. The molecule has 7 heteroatoms. The van der Waals surface area contributed by atoms with Crippen LogP contribution < -0.4 is 10.1 Å². The summed E-state index contributed by atoms with van der Waals surface area (Å²) in [6.45, 7) is 2.16. The Kier molecular flexibility index (Phi) is 5.64. The molecule has 0 aromatic heterocycles. The zero-order chi connectivity index (χ0) is 17.0. The second kappa shape index (κ2) is 7.31. The van der Waals surface area contributed by atoms with Crippen molar-refractivity contribution >= 4 is 21.6 Å². The van der Waals surface area contributed by atoms with Crippen LogP contribution in [0.15, 0.2) is 23.1 Å². The smallest absolute Gasteiger partial charge is 0.246 e. The molecule has 1 aromatic rings. The van der Waals surface area contributed by atoms with Crippen LogP contribution in [0, 0.1) is 5.92 Å². The third-order valence-electron chi connectivity index (χ3n) is 4.00. The molecule has 23 heavy (non-hydrogen) atoms. The number of benzene rings is 1. The molecule has 1 aliphatic carbocycles. The monoisotopic (exact) mass is 340 g/mol. The Labute approximate surface area is 137 Å². The van der Waals surface area contributed by atoms with E-state index in [0.717, 1.165) is 30.0 Å². The predicted molar refractivity (Wildman–Crippen MR) is 89.1 cm³/mol. The lowest BCUT2D eigenvalue weighted by Gasteiger charge is -2.17. The van der Waals surface area contributed by atoms with Crippen molar-refractivity contribution in [3.63, 3.8) is 0 Å². The van der Waals surface area contributed by atoms with Crippen LogP contribution in [-0.4, -0.2) is 39.3 Å². The molecule has 2 rings (SSSR count). The van der Waals surface area contributed by atoms with Crippen LogP contribution in [0.25, 0.3) is 0 Å². The number of nitrogens with zero attached hydrogens (tertiary/aromatic N) is 1. The van der Waals surface area contributed by atoms with Crippen LogP contribution in [0.4, 0.5) is 5.69 Å². The van der Waals surface area contributed by atoms with E-state index in [-0.39, 0.29) is 16.7 Å². The number of carbonyl (C=O) groups is 1. The van der Waals surface area contributed by atoms with Gasteiger partial charge in [-0.3, -0.25) is 4.79 Å². The summed E-state index contributed by atoms with van der Waals surface area (Å²) in [5.74, 6) is 0.274. The van der Waals surface area contributed by atoms with Crippen LogP contribution in [0.5, 0.6) is 5.75 Å². The summed E-state index contributed by atoms with van der Waals surface area (Å²) in [7, 11) is -0.716. The van der Waals surface area contributed by atoms with Crippen molar-refractivity contribution in [1.82, 2.24) is 4.31 Å². The minimum absolute atomic E-state index is 0.0236. The Morgan fingerprint density at radius 3 is 2.52 bits per heavy atom. The van der Waals surface area contributed by atoms with Gasteiger partial charge in [0.05, 0.1) is 6.61 Å². The van der Waals surface area contributed by atoms with E-state index in [1.165, 1.54) is 20.2 Å². The molecule has 6 nitrogen and oxygen atoms in total. The van der Waals surface area contributed by atoms with Crippen LogP contribution in [0.1, 0.15) is 32.6 Å². The molecule has 1 aliphatic rings. The Morgan fingerprint density at radius 1 is 1.30 bits per heavy atom. The summed E-state index contributed by atoms with van der Waals surface area (Å²) in [5, 5.41) is 2.83. The molecule has 1 amide bonds. The van der Waals surface area contributed by atoms with Gasteiger partial charge in [0.2, 0.25) is 15.9 Å². The highest BCUT2D eigenvalue weighted by Crippen LogP contribution is 2.30. The molecule has 1 saturated carbocycles. The zero-order valence-corrected chi connectivity index (χ0v) is 14.6. The molecule has 0 atom stereocenters. The van der Waals surface area contributed by atoms with Gasteiger partial charge in [-0.05, 0) is 38.0 Å². The fourth-order valence-electron chi connectivity index (χ4n) is 2.69. The van der Waals surface area contributed by atoms with Crippen molar-refractivity contribution < 1.29 is 17.9 Å². The van der Waals surface area contributed by atoms with Gasteiger partial charge in [-0.2, -0.15) is 0 Å². The van der Waals surface area contributed by atoms with E-state index in [1.807, 2.05) is 0 Å². The molecule has 0 bridgehead atoms. The predicted octanol–water partition coefficient (Wildman–Crippen LogP) is 2.46. The Bertz CT molecular complexity index is 665. The Balaban J connectivity index is 2.30. The first kappa shape index (κ1) is 17.7. The van der Waals surface area contributed by atoms with Crippen LogP contribution in [0.3, 0.4) is 0 Å². The maximum absolute atomic E-state index is 12.5. The third-order valence-corrected chi connectivity index (χ3v) is 5.83. The highest BCUT2D eigenvalue weighted by Gasteiger charge is 2.25. The number of anilines is 1. The molecule has 1 fully saturated rings. The van der Waals surface area contributed by atoms with E-state index in [4.69, 9.17) is 4.74 Å². The zero-order valence-electron chi connectivity index (χ0n) is 13.8. The largest absolute Gasteiger partial charge is 0.492 e. The average molecular weight is 340 g/mol. The van der Waals surface area contributed by atoms with E-state index >= 15 is 0 Å². The second-order valence-electron chi connectivity index (χ2n) is 5.85. The van der Waals surface area contributed by atoms with E-state index in [0.29, 0.717) is 18.0 Å². The van der Waals surface area contributed by atoms with Crippen molar-refractivity contribution in [3.8, 4) is 5.75 Å². The van der Waals surface area contributed by atoms with Gasteiger partial charge in [0.1, 0.15) is 10.6 Å². The minimum Gasteiger partial charge on any atom is -0.492 e. The maximum atomic E-state index is 12.5. The summed E-state index contributed by atoms with van der Waals surface area (Å²) in [6, 6.07) is 4.73. The fourth-order valence-corrected chi connectivity index (χ4v) is 3.74. The first-order valence-corrected chi connectivity index (χ1v) is 9.30. The quantitative estimate of drug-likeness (QED) is 0.863. The van der Waals surface area contributed by atoms with Gasteiger partial charge in [0.15, 0.2) is 0 Å². The van der Waals surface area contributed by atoms with Gasteiger partial charge < -0.3 is 10.1 Å². The average Bonchev–Trinajstić information content (AvgIpc) is 3.03. The van der Waals surface area contributed by atoms with E-state index in [9.17, 15) is 13.2 Å². The maximum Gasteiger partial charge on any atom is 0.246 e. The molecule has 0 saturated heterocycles. The third kappa shape index (κ3) is 4.03. The first-order valence-electron chi connectivity index (χ1n) is 7.86. The van der Waals surface area contributed by atoms with Gasteiger partial charge in [-0.25, -0.2) is 12.7 Å². The lowest BCUT2D eigenvalue weighted by atomic mass is 10.1. The molecular formula is C16H24N2O4S. The molecular weight excluding hydrogens is 316 g/mol. The molecule has 0 aliphatic heterocycles. The fraction of sp³-hybridized carbons (Fsp3) is 0.562. The number of ether oxygens (including phenoxy) is 1. The number of rotatable bonds is 6. The normalized spacial score (nSPS) is 15.8. The van der Waals surface area contributed by atoms with Gasteiger partial charge >= 0.3 is 0 Å². The summed E-state index contributed by atoms with van der Waals surface area (Å²) in [5.41, 5.74) is 0.478. The van der Waals surface area contributed by atoms with Gasteiger partial charge in [-0.15, -0.1) is 0 Å². The molecule has 0 unspecified atom stereocenters. The minimum atomic E-state index is -3.65. The van der Waals surface area contributed by atoms with Crippen LogP contribution >= 0.6 is 0 Å². The highest BCUT2D eigenvalue weighted by atomic mass is 32.2. The van der Waals surface area contributed by atoms with Crippen molar-refractivity contribution in [2.45, 2.75) is 37.5 Å².